The number of hydrogen-bond donors (Lipinski definition) is 2. The first-order valence-corrected chi connectivity index (χ1v) is 8.11. The van der Waals surface area contributed by atoms with Crippen LogP contribution >= 0.6 is 35.7 Å². The number of halogens is 1. The van der Waals surface area contributed by atoms with Crippen LogP contribution in [-0.4, -0.2) is 48.7 Å². The van der Waals surface area contributed by atoms with E-state index in [0.717, 1.165) is 17.5 Å². The molecule has 118 valence electrons. The summed E-state index contributed by atoms with van der Waals surface area (Å²) in [6.07, 6.45) is 5.95. The lowest BCUT2D eigenvalue weighted by Gasteiger charge is -2.24. The standard InChI is InChI=1S/C14H22N4OS.HI/c1-15-14(18-12-4-3-9-20-11-12)17-7-8-19-13-5-2-6-16-10-13;/h2,5-6,10,12H,3-4,7-9,11H2,1H3,(H2,15,17,18);1H. The van der Waals surface area contributed by atoms with E-state index in [0.29, 0.717) is 19.2 Å². The van der Waals surface area contributed by atoms with Crippen molar-refractivity contribution in [2.24, 2.45) is 4.99 Å². The smallest absolute Gasteiger partial charge is 0.191 e. The Morgan fingerprint density at radius 3 is 3.14 bits per heavy atom. The zero-order valence-electron chi connectivity index (χ0n) is 12.2. The molecule has 1 aromatic rings. The molecule has 1 aliphatic heterocycles. The SMILES string of the molecule is CN=C(NCCOc1cccnc1)NC1CCCSC1.I. The van der Waals surface area contributed by atoms with Crippen LogP contribution in [0.15, 0.2) is 29.5 Å². The lowest BCUT2D eigenvalue weighted by molar-refractivity contribution is 0.320. The maximum absolute atomic E-state index is 5.58. The monoisotopic (exact) mass is 422 g/mol. The first-order chi connectivity index (χ1) is 9.88. The number of pyridine rings is 1. The molecular weight excluding hydrogens is 399 g/mol. The summed E-state index contributed by atoms with van der Waals surface area (Å²) < 4.78 is 5.58. The van der Waals surface area contributed by atoms with Gasteiger partial charge >= 0.3 is 0 Å². The summed E-state index contributed by atoms with van der Waals surface area (Å²) in [5.74, 6) is 4.09. The van der Waals surface area contributed by atoms with Gasteiger partial charge in [-0.25, -0.2) is 0 Å². The van der Waals surface area contributed by atoms with Crippen LogP contribution in [0.25, 0.3) is 0 Å². The van der Waals surface area contributed by atoms with Crippen LogP contribution in [0.5, 0.6) is 5.75 Å². The van der Waals surface area contributed by atoms with Gasteiger partial charge in [0.1, 0.15) is 12.4 Å². The number of aliphatic imine (C=N–C) groups is 1. The van der Waals surface area contributed by atoms with Crippen LogP contribution in [0.3, 0.4) is 0 Å². The molecule has 2 heterocycles. The second kappa shape index (κ2) is 10.9. The summed E-state index contributed by atoms with van der Waals surface area (Å²) >= 11 is 2.00. The van der Waals surface area contributed by atoms with Gasteiger partial charge < -0.3 is 15.4 Å². The Labute approximate surface area is 147 Å². The Hall–Kier alpha value is -0.700. The van der Waals surface area contributed by atoms with Crippen molar-refractivity contribution in [1.29, 1.82) is 0 Å². The average molecular weight is 422 g/mol. The summed E-state index contributed by atoms with van der Waals surface area (Å²) in [5, 5.41) is 6.73. The van der Waals surface area contributed by atoms with Crippen LogP contribution in [0.4, 0.5) is 0 Å². The third-order valence-corrected chi connectivity index (χ3v) is 4.24. The van der Waals surface area contributed by atoms with Crippen LogP contribution in [-0.2, 0) is 0 Å². The molecule has 1 aromatic heterocycles. The van der Waals surface area contributed by atoms with Crippen molar-refractivity contribution >= 4 is 41.7 Å². The highest BCUT2D eigenvalue weighted by atomic mass is 127. The van der Waals surface area contributed by atoms with Crippen molar-refractivity contribution in [1.82, 2.24) is 15.6 Å². The lowest BCUT2D eigenvalue weighted by Crippen LogP contribution is -2.46. The molecule has 0 amide bonds. The lowest BCUT2D eigenvalue weighted by atomic mass is 10.2. The third-order valence-electron chi connectivity index (χ3n) is 3.02. The predicted molar refractivity (Wildman–Crippen MR) is 100.0 cm³/mol. The highest BCUT2D eigenvalue weighted by molar-refractivity contribution is 14.0. The second-order valence-corrected chi connectivity index (χ2v) is 5.74. The molecule has 0 aliphatic carbocycles. The minimum absolute atomic E-state index is 0. The van der Waals surface area contributed by atoms with E-state index in [1.807, 2.05) is 23.9 Å². The van der Waals surface area contributed by atoms with E-state index in [9.17, 15) is 0 Å². The second-order valence-electron chi connectivity index (χ2n) is 4.59. The Kier molecular flexibility index (Phi) is 9.56. The number of rotatable bonds is 5. The number of ether oxygens (including phenoxy) is 1. The molecule has 0 aromatic carbocycles. The van der Waals surface area contributed by atoms with E-state index in [1.54, 1.807) is 19.4 Å². The summed E-state index contributed by atoms with van der Waals surface area (Å²) in [4.78, 5) is 8.25. The molecule has 1 fully saturated rings. The fraction of sp³-hybridized carbons (Fsp3) is 0.571. The summed E-state index contributed by atoms with van der Waals surface area (Å²) in [6.45, 7) is 1.31. The molecule has 1 unspecified atom stereocenters. The van der Waals surface area contributed by atoms with Crippen LogP contribution < -0.4 is 15.4 Å². The first kappa shape index (κ1) is 18.3. The molecular formula is C14H23IN4OS. The quantitative estimate of drug-likeness (QED) is 0.330. The minimum Gasteiger partial charge on any atom is -0.490 e. The van der Waals surface area contributed by atoms with Gasteiger partial charge in [0.15, 0.2) is 5.96 Å². The van der Waals surface area contributed by atoms with Crippen LogP contribution in [0.1, 0.15) is 12.8 Å². The van der Waals surface area contributed by atoms with Gasteiger partial charge in [0, 0.05) is 25.0 Å². The maximum Gasteiger partial charge on any atom is 0.191 e. The van der Waals surface area contributed by atoms with Gasteiger partial charge in [-0.05, 0) is 30.7 Å². The first-order valence-electron chi connectivity index (χ1n) is 6.96. The Morgan fingerprint density at radius 2 is 2.48 bits per heavy atom. The van der Waals surface area contributed by atoms with Crippen molar-refractivity contribution in [2.75, 3.05) is 31.7 Å². The number of thioether (sulfide) groups is 1. The summed E-state index contributed by atoms with van der Waals surface area (Å²) in [6, 6.07) is 4.29. The van der Waals surface area contributed by atoms with E-state index in [2.05, 4.69) is 20.6 Å². The van der Waals surface area contributed by atoms with Gasteiger partial charge in [0.2, 0.25) is 0 Å². The molecule has 0 saturated carbocycles. The number of guanidine groups is 1. The van der Waals surface area contributed by atoms with Gasteiger partial charge in [-0.3, -0.25) is 9.98 Å². The number of nitrogens with zero attached hydrogens (tertiary/aromatic N) is 2. The molecule has 21 heavy (non-hydrogen) atoms. The fourth-order valence-corrected chi connectivity index (χ4v) is 3.09. The molecule has 7 heteroatoms. The number of aromatic nitrogens is 1. The normalized spacial score (nSPS) is 18.5. The molecule has 0 spiro atoms. The topological polar surface area (TPSA) is 58.5 Å². The van der Waals surface area contributed by atoms with Crippen molar-refractivity contribution in [3.05, 3.63) is 24.5 Å². The van der Waals surface area contributed by atoms with Crippen molar-refractivity contribution < 1.29 is 4.74 Å². The zero-order chi connectivity index (χ0) is 14.0. The number of hydrogen-bond acceptors (Lipinski definition) is 4. The van der Waals surface area contributed by atoms with Crippen LogP contribution in [0.2, 0.25) is 0 Å². The zero-order valence-corrected chi connectivity index (χ0v) is 15.4. The molecule has 5 nitrogen and oxygen atoms in total. The number of nitrogens with one attached hydrogen (secondary N) is 2. The van der Waals surface area contributed by atoms with E-state index in [4.69, 9.17) is 4.74 Å². The molecule has 0 radical (unpaired) electrons. The van der Waals surface area contributed by atoms with Crippen molar-refractivity contribution in [2.45, 2.75) is 18.9 Å². The van der Waals surface area contributed by atoms with Crippen molar-refractivity contribution in [3.63, 3.8) is 0 Å². The average Bonchev–Trinajstić information content (AvgIpc) is 2.52. The van der Waals surface area contributed by atoms with Gasteiger partial charge in [-0.2, -0.15) is 11.8 Å². The molecule has 2 N–H and O–H groups in total. The summed E-state index contributed by atoms with van der Waals surface area (Å²) in [5.41, 5.74) is 0. The van der Waals surface area contributed by atoms with E-state index < -0.39 is 0 Å². The molecule has 1 saturated heterocycles. The molecule has 0 bridgehead atoms. The predicted octanol–water partition coefficient (Wildman–Crippen LogP) is 2.14. The van der Waals surface area contributed by atoms with Crippen LogP contribution in [0, 0.1) is 0 Å². The molecule has 2 rings (SSSR count). The van der Waals surface area contributed by atoms with E-state index in [1.165, 1.54) is 18.6 Å². The largest absolute Gasteiger partial charge is 0.490 e. The van der Waals surface area contributed by atoms with E-state index >= 15 is 0 Å². The maximum atomic E-state index is 5.58. The molecule has 1 atom stereocenters. The Balaban J connectivity index is 0.00000220. The highest BCUT2D eigenvalue weighted by Crippen LogP contribution is 2.16. The molecule has 1 aliphatic rings. The minimum atomic E-state index is 0. The van der Waals surface area contributed by atoms with Gasteiger partial charge in [0.05, 0.1) is 12.7 Å². The third kappa shape index (κ3) is 7.21. The van der Waals surface area contributed by atoms with Crippen molar-refractivity contribution in [3.8, 4) is 5.75 Å². The van der Waals surface area contributed by atoms with E-state index in [-0.39, 0.29) is 24.0 Å². The van der Waals surface area contributed by atoms with Gasteiger partial charge in [0.25, 0.3) is 0 Å². The summed E-state index contributed by atoms with van der Waals surface area (Å²) in [7, 11) is 1.80. The van der Waals surface area contributed by atoms with Gasteiger partial charge in [-0.15, -0.1) is 24.0 Å². The Morgan fingerprint density at radius 1 is 1.57 bits per heavy atom. The fourth-order valence-electron chi connectivity index (χ4n) is 2.01. The Bertz CT molecular complexity index is 413. The van der Waals surface area contributed by atoms with Gasteiger partial charge in [-0.1, -0.05) is 0 Å². The highest BCUT2D eigenvalue weighted by Gasteiger charge is 2.14.